The average molecular weight is 374 g/mol. The van der Waals surface area contributed by atoms with Crippen molar-refractivity contribution >= 4 is 15.9 Å². The third kappa shape index (κ3) is 5.72. The molecule has 0 saturated heterocycles. The highest BCUT2D eigenvalue weighted by atomic mass is 32.2. The van der Waals surface area contributed by atoms with Crippen molar-refractivity contribution in [3.8, 4) is 5.75 Å². The Morgan fingerprint density at radius 1 is 1.19 bits per heavy atom. The third-order valence-electron chi connectivity index (χ3n) is 3.50. The summed E-state index contributed by atoms with van der Waals surface area (Å²) in [5, 5.41) is 2.71. The first-order chi connectivity index (χ1) is 12.4. The zero-order chi connectivity index (χ0) is 19.0. The summed E-state index contributed by atoms with van der Waals surface area (Å²) < 4.78 is 32.1. The maximum absolute atomic E-state index is 12.2. The fourth-order valence-corrected chi connectivity index (χ4v) is 3.17. The van der Waals surface area contributed by atoms with Crippen LogP contribution in [0, 0.1) is 6.92 Å². The lowest BCUT2D eigenvalue weighted by Crippen LogP contribution is -2.28. The average Bonchev–Trinajstić information content (AvgIpc) is 2.65. The molecule has 2 aromatic carbocycles. The maximum Gasteiger partial charge on any atom is 0.251 e. The van der Waals surface area contributed by atoms with Crippen molar-refractivity contribution in [1.29, 1.82) is 0 Å². The minimum absolute atomic E-state index is 0.0305. The fraction of sp³-hybridized carbons (Fsp3) is 0.211. The number of benzene rings is 2. The smallest absolute Gasteiger partial charge is 0.251 e. The maximum atomic E-state index is 12.2. The molecular weight excluding hydrogens is 352 g/mol. The van der Waals surface area contributed by atoms with Crippen LogP contribution in [0.5, 0.6) is 5.75 Å². The van der Waals surface area contributed by atoms with Crippen LogP contribution in [0.4, 0.5) is 0 Å². The Morgan fingerprint density at radius 2 is 1.92 bits per heavy atom. The first-order valence-corrected chi connectivity index (χ1v) is 9.59. The Morgan fingerprint density at radius 3 is 2.62 bits per heavy atom. The first-order valence-electron chi connectivity index (χ1n) is 8.10. The minimum atomic E-state index is -3.67. The summed E-state index contributed by atoms with van der Waals surface area (Å²) in [5.74, 6) is 0.365. The Labute approximate surface area is 153 Å². The molecule has 0 radical (unpaired) electrons. The van der Waals surface area contributed by atoms with E-state index >= 15 is 0 Å². The molecule has 0 bridgehead atoms. The molecule has 0 aromatic heterocycles. The van der Waals surface area contributed by atoms with Gasteiger partial charge in [0.15, 0.2) is 0 Å². The third-order valence-corrected chi connectivity index (χ3v) is 4.92. The Kier molecular flexibility index (Phi) is 6.94. The van der Waals surface area contributed by atoms with Crippen molar-refractivity contribution < 1.29 is 17.9 Å². The number of carbonyl (C=O) groups is 1. The molecule has 6 nitrogen and oxygen atoms in total. The van der Waals surface area contributed by atoms with E-state index in [1.165, 1.54) is 24.3 Å². The lowest BCUT2D eigenvalue weighted by atomic mass is 10.2. The second kappa shape index (κ2) is 9.17. The zero-order valence-electron chi connectivity index (χ0n) is 14.6. The lowest BCUT2D eigenvalue weighted by Gasteiger charge is -2.09. The summed E-state index contributed by atoms with van der Waals surface area (Å²) in [4.78, 5) is 12.2. The van der Waals surface area contributed by atoms with Gasteiger partial charge in [0.05, 0.1) is 11.4 Å². The number of ether oxygens (including phenoxy) is 1. The summed E-state index contributed by atoms with van der Waals surface area (Å²) >= 11 is 0. The minimum Gasteiger partial charge on any atom is -0.492 e. The predicted molar refractivity (Wildman–Crippen MR) is 101 cm³/mol. The van der Waals surface area contributed by atoms with Crippen molar-refractivity contribution in [3.05, 3.63) is 72.3 Å². The van der Waals surface area contributed by atoms with Crippen molar-refractivity contribution in [2.45, 2.75) is 11.8 Å². The molecule has 0 saturated carbocycles. The molecule has 0 spiro atoms. The van der Waals surface area contributed by atoms with Gasteiger partial charge in [0.2, 0.25) is 10.0 Å². The summed E-state index contributed by atoms with van der Waals surface area (Å²) in [6, 6.07) is 13.5. The molecule has 0 fully saturated rings. The van der Waals surface area contributed by atoms with Crippen LogP contribution >= 0.6 is 0 Å². The van der Waals surface area contributed by atoms with E-state index in [1.807, 2.05) is 31.2 Å². The molecule has 7 heteroatoms. The summed E-state index contributed by atoms with van der Waals surface area (Å²) in [6.45, 7) is 6.20. The Hall–Kier alpha value is -2.64. The van der Waals surface area contributed by atoms with Crippen LogP contribution in [0.3, 0.4) is 0 Å². The van der Waals surface area contributed by atoms with Gasteiger partial charge in [0, 0.05) is 12.1 Å². The SMILES string of the molecule is C=CCNS(=O)(=O)c1cccc(C(=O)NCCOc2ccc(C)cc2)c1. The number of carbonyl (C=O) groups excluding carboxylic acids is 1. The van der Waals surface area contributed by atoms with Crippen molar-refractivity contribution in [1.82, 2.24) is 10.0 Å². The van der Waals surface area contributed by atoms with Crippen molar-refractivity contribution in [3.63, 3.8) is 0 Å². The molecule has 0 atom stereocenters. The largest absolute Gasteiger partial charge is 0.492 e. The standard InChI is InChI=1S/C19H22N2O4S/c1-3-11-21-26(23,24)18-6-4-5-16(14-18)19(22)20-12-13-25-17-9-7-15(2)8-10-17/h3-10,14,21H,1,11-13H2,2H3,(H,20,22). The highest BCUT2D eigenvalue weighted by Gasteiger charge is 2.15. The van der Waals surface area contributed by atoms with Gasteiger partial charge in [-0.2, -0.15) is 0 Å². The summed E-state index contributed by atoms with van der Waals surface area (Å²) in [7, 11) is -3.67. The molecule has 1 amide bonds. The molecule has 0 aliphatic rings. The molecule has 0 aliphatic heterocycles. The number of amides is 1. The van der Waals surface area contributed by atoms with Crippen LogP contribution in [0.25, 0.3) is 0 Å². The molecule has 138 valence electrons. The second-order valence-corrected chi connectivity index (χ2v) is 7.35. The number of sulfonamides is 1. The highest BCUT2D eigenvalue weighted by Crippen LogP contribution is 2.12. The molecule has 2 rings (SSSR count). The van der Waals surface area contributed by atoms with Gasteiger partial charge in [-0.05, 0) is 37.3 Å². The van der Waals surface area contributed by atoms with E-state index in [4.69, 9.17) is 4.74 Å². The van der Waals surface area contributed by atoms with Gasteiger partial charge in [0.25, 0.3) is 5.91 Å². The molecule has 2 aromatic rings. The molecule has 0 aliphatic carbocycles. The van der Waals surface area contributed by atoms with E-state index in [0.29, 0.717) is 13.2 Å². The van der Waals surface area contributed by atoms with Crippen molar-refractivity contribution in [2.24, 2.45) is 0 Å². The van der Waals surface area contributed by atoms with E-state index < -0.39 is 10.0 Å². The van der Waals surface area contributed by atoms with Crippen LogP contribution < -0.4 is 14.8 Å². The van der Waals surface area contributed by atoms with Crippen LogP contribution in [-0.2, 0) is 10.0 Å². The monoisotopic (exact) mass is 374 g/mol. The van der Waals surface area contributed by atoms with Gasteiger partial charge in [0.1, 0.15) is 12.4 Å². The van der Waals surface area contributed by atoms with Crippen LogP contribution in [0.1, 0.15) is 15.9 Å². The van der Waals surface area contributed by atoms with Gasteiger partial charge < -0.3 is 10.1 Å². The number of rotatable bonds is 9. The fourth-order valence-electron chi connectivity index (χ4n) is 2.13. The lowest BCUT2D eigenvalue weighted by molar-refractivity contribution is 0.0947. The van der Waals surface area contributed by atoms with Gasteiger partial charge in [-0.3, -0.25) is 4.79 Å². The molecule has 2 N–H and O–H groups in total. The molecule has 0 unspecified atom stereocenters. The number of hydrogen-bond donors (Lipinski definition) is 2. The van der Waals surface area contributed by atoms with Crippen LogP contribution in [0.15, 0.2) is 66.1 Å². The van der Waals surface area contributed by atoms with E-state index in [-0.39, 0.29) is 22.9 Å². The van der Waals surface area contributed by atoms with E-state index in [1.54, 1.807) is 6.07 Å². The topological polar surface area (TPSA) is 84.5 Å². The van der Waals surface area contributed by atoms with Crippen LogP contribution in [-0.4, -0.2) is 34.0 Å². The summed E-state index contributed by atoms with van der Waals surface area (Å²) in [5.41, 5.74) is 1.41. The van der Waals surface area contributed by atoms with Gasteiger partial charge in [-0.1, -0.05) is 29.8 Å². The van der Waals surface area contributed by atoms with Crippen molar-refractivity contribution in [2.75, 3.05) is 19.7 Å². The number of aryl methyl sites for hydroxylation is 1. The van der Waals surface area contributed by atoms with Crippen LogP contribution in [0.2, 0.25) is 0 Å². The Bertz CT molecular complexity index is 861. The molecule has 26 heavy (non-hydrogen) atoms. The number of nitrogens with one attached hydrogen (secondary N) is 2. The quantitative estimate of drug-likeness (QED) is 0.521. The van der Waals surface area contributed by atoms with Gasteiger partial charge >= 0.3 is 0 Å². The highest BCUT2D eigenvalue weighted by molar-refractivity contribution is 7.89. The van der Waals surface area contributed by atoms with Gasteiger partial charge in [-0.25, -0.2) is 13.1 Å². The first kappa shape index (κ1) is 19.7. The number of hydrogen-bond acceptors (Lipinski definition) is 4. The second-order valence-electron chi connectivity index (χ2n) is 5.59. The zero-order valence-corrected chi connectivity index (χ0v) is 15.4. The van der Waals surface area contributed by atoms with E-state index in [0.717, 1.165) is 11.3 Å². The Balaban J connectivity index is 1.90. The molecular formula is C19H22N2O4S. The van der Waals surface area contributed by atoms with E-state index in [9.17, 15) is 13.2 Å². The van der Waals surface area contributed by atoms with Gasteiger partial charge in [-0.15, -0.1) is 6.58 Å². The normalized spacial score (nSPS) is 11.0. The van der Waals surface area contributed by atoms with E-state index in [2.05, 4.69) is 16.6 Å². The molecule has 0 heterocycles. The summed E-state index contributed by atoms with van der Waals surface area (Å²) in [6.07, 6.45) is 1.45. The predicted octanol–water partition coefficient (Wildman–Crippen LogP) is 2.27.